The smallest absolute Gasteiger partial charge is 0.126 e. The summed E-state index contributed by atoms with van der Waals surface area (Å²) in [7, 11) is 0. The maximum atomic E-state index is 5.63. The Hall–Kier alpha value is -1.13. The fourth-order valence-corrected chi connectivity index (χ4v) is 1.30. The largest absolute Gasteiger partial charge is 0.491 e. The molecule has 0 unspecified atom stereocenters. The van der Waals surface area contributed by atoms with Crippen molar-refractivity contribution in [1.29, 1.82) is 0 Å². The van der Waals surface area contributed by atoms with Crippen LogP contribution >= 0.6 is 0 Å². The molecule has 4 heteroatoms. The van der Waals surface area contributed by atoms with Crippen LogP contribution in [0.1, 0.15) is 19.4 Å². The number of rotatable bonds is 8. The number of aromatic nitrogens is 1. The Morgan fingerprint density at radius 2 is 2.19 bits per heavy atom. The molecule has 1 heterocycles. The van der Waals surface area contributed by atoms with Crippen LogP contribution < -0.4 is 10.1 Å². The Morgan fingerprint density at radius 3 is 2.94 bits per heavy atom. The fraction of sp³-hybridized carbons (Fsp3) is 0.583. The summed E-state index contributed by atoms with van der Waals surface area (Å²) in [5.41, 5.74) is 1.08. The van der Waals surface area contributed by atoms with E-state index in [2.05, 4.69) is 17.2 Å². The molecule has 0 saturated heterocycles. The third-order valence-electron chi connectivity index (χ3n) is 2.11. The topological polar surface area (TPSA) is 43.4 Å². The Balaban J connectivity index is 2.43. The Kier molecular flexibility index (Phi) is 6.53. The molecule has 4 nitrogen and oxygen atoms in total. The van der Waals surface area contributed by atoms with Gasteiger partial charge in [-0.05, 0) is 19.5 Å². The first kappa shape index (κ1) is 12.9. The molecule has 1 N–H and O–H groups in total. The van der Waals surface area contributed by atoms with E-state index in [4.69, 9.17) is 9.47 Å². The van der Waals surface area contributed by atoms with Gasteiger partial charge in [0.05, 0.1) is 6.61 Å². The van der Waals surface area contributed by atoms with E-state index in [0.717, 1.165) is 31.0 Å². The Bertz CT molecular complexity index is 292. The Morgan fingerprint density at radius 1 is 1.31 bits per heavy atom. The van der Waals surface area contributed by atoms with Crippen molar-refractivity contribution in [2.75, 3.05) is 26.4 Å². The van der Waals surface area contributed by atoms with Gasteiger partial charge in [0.2, 0.25) is 0 Å². The zero-order chi connectivity index (χ0) is 11.6. The molecule has 0 spiro atoms. The number of hydrogen-bond donors (Lipinski definition) is 1. The van der Waals surface area contributed by atoms with Crippen LogP contribution in [0.2, 0.25) is 0 Å². The summed E-state index contributed by atoms with van der Waals surface area (Å²) in [6.07, 6.45) is 3.57. The molecule has 90 valence electrons. The highest BCUT2D eigenvalue weighted by atomic mass is 16.5. The molecule has 1 rings (SSSR count). The van der Waals surface area contributed by atoms with Crippen molar-refractivity contribution in [3.63, 3.8) is 0 Å². The van der Waals surface area contributed by atoms with E-state index < -0.39 is 0 Å². The SMILES string of the molecule is CCNCc1cnccc1OCCOCC. The summed E-state index contributed by atoms with van der Waals surface area (Å²) in [6, 6.07) is 1.89. The summed E-state index contributed by atoms with van der Waals surface area (Å²) in [5.74, 6) is 0.885. The van der Waals surface area contributed by atoms with E-state index in [1.807, 2.05) is 19.2 Å². The lowest BCUT2D eigenvalue weighted by atomic mass is 10.2. The lowest BCUT2D eigenvalue weighted by Crippen LogP contribution is -2.14. The summed E-state index contributed by atoms with van der Waals surface area (Å²) in [4.78, 5) is 4.09. The molecule has 0 aliphatic rings. The minimum absolute atomic E-state index is 0.580. The van der Waals surface area contributed by atoms with Crippen molar-refractivity contribution in [3.8, 4) is 5.75 Å². The molecule has 0 bridgehead atoms. The number of ether oxygens (including phenoxy) is 2. The average Bonchev–Trinajstić information content (AvgIpc) is 2.33. The standard InChI is InChI=1S/C12H20N2O2/c1-3-13-9-11-10-14-6-5-12(11)16-8-7-15-4-2/h5-6,10,13H,3-4,7-9H2,1-2H3. The van der Waals surface area contributed by atoms with E-state index in [0.29, 0.717) is 13.2 Å². The summed E-state index contributed by atoms with van der Waals surface area (Å²) in [6.45, 7) is 7.71. The van der Waals surface area contributed by atoms with Gasteiger partial charge in [-0.15, -0.1) is 0 Å². The van der Waals surface area contributed by atoms with Gasteiger partial charge in [-0.1, -0.05) is 6.92 Å². The van der Waals surface area contributed by atoms with Crippen LogP contribution in [-0.4, -0.2) is 31.3 Å². The first-order valence-electron chi connectivity index (χ1n) is 5.72. The average molecular weight is 224 g/mol. The molecular formula is C12H20N2O2. The van der Waals surface area contributed by atoms with Gasteiger partial charge in [0.15, 0.2) is 0 Å². The number of hydrogen-bond acceptors (Lipinski definition) is 4. The minimum atomic E-state index is 0.580. The van der Waals surface area contributed by atoms with Crippen LogP contribution in [0.4, 0.5) is 0 Å². The first-order valence-corrected chi connectivity index (χ1v) is 5.72. The second-order valence-corrected chi connectivity index (χ2v) is 3.31. The van der Waals surface area contributed by atoms with Gasteiger partial charge in [-0.25, -0.2) is 0 Å². The molecule has 0 saturated carbocycles. The van der Waals surface area contributed by atoms with Crippen molar-refractivity contribution in [2.24, 2.45) is 0 Å². The minimum Gasteiger partial charge on any atom is -0.491 e. The van der Waals surface area contributed by atoms with Crippen molar-refractivity contribution >= 4 is 0 Å². The molecule has 16 heavy (non-hydrogen) atoms. The Labute approximate surface area is 97.0 Å². The molecule has 0 atom stereocenters. The van der Waals surface area contributed by atoms with Gasteiger partial charge in [0.25, 0.3) is 0 Å². The lowest BCUT2D eigenvalue weighted by Gasteiger charge is -2.11. The number of nitrogens with one attached hydrogen (secondary N) is 1. The first-order chi connectivity index (χ1) is 7.88. The van der Waals surface area contributed by atoms with Crippen LogP contribution in [0.15, 0.2) is 18.5 Å². The predicted molar refractivity (Wildman–Crippen MR) is 63.6 cm³/mol. The highest BCUT2D eigenvalue weighted by Crippen LogP contribution is 2.15. The van der Waals surface area contributed by atoms with Crippen LogP contribution in [0.3, 0.4) is 0 Å². The van der Waals surface area contributed by atoms with Crippen molar-refractivity contribution < 1.29 is 9.47 Å². The summed E-state index contributed by atoms with van der Waals surface area (Å²) >= 11 is 0. The molecular weight excluding hydrogens is 204 g/mol. The zero-order valence-electron chi connectivity index (χ0n) is 10.0. The molecule has 0 aliphatic carbocycles. The lowest BCUT2D eigenvalue weighted by molar-refractivity contribution is 0.109. The number of pyridine rings is 1. The normalized spacial score (nSPS) is 10.4. The zero-order valence-corrected chi connectivity index (χ0v) is 10.0. The van der Waals surface area contributed by atoms with Crippen LogP contribution in [0.25, 0.3) is 0 Å². The monoisotopic (exact) mass is 224 g/mol. The maximum Gasteiger partial charge on any atom is 0.126 e. The van der Waals surface area contributed by atoms with Crippen molar-refractivity contribution in [3.05, 3.63) is 24.0 Å². The highest BCUT2D eigenvalue weighted by molar-refractivity contribution is 5.29. The molecule has 0 aliphatic heterocycles. The molecule has 0 amide bonds. The third-order valence-corrected chi connectivity index (χ3v) is 2.11. The second-order valence-electron chi connectivity index (χ2n) is 3.31. The predicted octanol–water partition coefficient (Wildman–Crippen LogP) is 1.61. The maximum absolute atomic E-state index is 5.63. The molecule has 0 fully saturated rings. The van der Waals surface area contributed by atoms with Crippen LogP contribution in [0, 0.1) is 0 Å². The van der Waals surface area contributed by atoms with Gasteiger partial charge in [0, 0.05) is 31.1 Å². The van der Waals surface area contributed by atoms with E-state index in [9.17, 15) is 0 Å². The van der Waals surface area contributed by atoms with Gasteiger partial charge in [-0.3, -0.25) is 4.98 Å². The molecule has 1 aromatic rings. The van der Waals surface area contributed by atoms with Gasteiger partial charge in [0.1, 0.15) is 12.4 Å². The molecule has 0 radical (unpaired) electrons. The highest BCUT2D eigenvalue weighted by Gasteiger charge is 2.02. The van der Waals surface area contributed by atoms with Gasteiger partial charge >= 0.3 is 0 Å². The van der Waals surface area contributed by atoms with Crippen LogP contribution in [0.5, 0.6) is 5.75 Å². The summed E-state index contributed by atoms with van der Waals surface area (Å²) in [5, 5.41) is 3.26. The van der Waals surface area contributed by atoms with Crippen LogP contribution in [-0.2, 0) is 11.3 Å². The third kappa shape index (κ3) is 4.59. The van der Waals surface area contributed by atoms with E-state index in [1.165, 1.54) is 0 Å². The van der Waals surface area contributed by atoms with E-state index >= 15 is 0 Å². The van der Waals surface area contributed by atoms with Crippen molar-refractivity contribution in [1.82, 2.24) is 10.3 Å². The van der Waals surface area contributed by atoms with E-state index in [-0.39, 0.29) is 0 Å². The quantitative estimate of drug-likeness (QED) is 0.681. The molecule has 0 aromatic carbocycles. The summed E-state index contributed by atoms with van der Waals surface area (Å²) < 4.78 is 10.9. The molecule has 1 aromatic heterocycles. The van der Waals surface area contributed by atoms with Gasteiger partial charge in [-0.2, -0.15) is 0 Å². The van der Waals surface area contributed by atoms with Gasteiger partial charge < -0.3 is 14.8 Å². The fourth-order valence-electron chi connectivity index (χ4n) is 1.30. The number of nitrogens with zero attached hydrogens (tertiary/aromatic N) is 1. The van der Waals surface area contributed by atoms with E-state index in [1.54, 1.807) is 6.20 Å². The van der Waals surface area contributed by atoms with Crippen molar-refractivity contribution in [2.45, 2.75) is 20.4 Å². The second kappa shape index (κ2) is 8.07.